The molecule has 1 aliphatic heterocycles. The van der Waals surface area contributed by atoms with Gasteiger partial charge < -0.3 is 14.7 Å². The number of rotatable bonds is 6. The zero-order valence-corrected chi connectivity index (χ0v) is 14.3. The summed E-state index contributed by atoms with van der Waals surface area (Å²) < 4.78 is 5.80. The topological polar surface area (TPSA) is 69.4 Å². The smallest absolute Gasteiger partial charge is 0.142 e. The lowest BCUT2D eigenvalue weighted by molar-refractivity contribution is 0.0707. The van der Waals surface area contributed by atoms with Crippen LogP contribution in [0.4, 0.5) is 5.82 Å². The van der Waals surface area contributed by atoms with Crippen LogP contribution in [0.3, 0.4) is 0 Å². The number of nitriles is 1. The second kappa shape index (κ2) is 8.00. The average molecular weight is 337 g/mol. The highest BCUT2D eigenvalue weighted by Gasteiger charge is 2.34. The minimum absolute atomic E-state index is 0.0991. The van der Waals surface area contributed by atoms with Crippen LogP contribution < -0.4 is 9.64 Å². The summed E-state index contributed by atoms with van der Waals surface area (Å²) in [6.07, 6.45) is 2.61. The number of para-hydroxylation sites is 1. The van der Waals surface area contributed by atoms with E-state index in [1.807, 2.05) is 42.5 Å². The zero-order chi connectivity index (χ0) is 17.5. The standard InChI is InChI=1S/C20H23N3O2/c21-15-17-5-4-8-19(22-17)23-12-9-20(16-24,10-13-23)11-14-25-18-6-2-1-3-7-18/h1-8,24H,9-14,16H2. The lowest BCUT2D eigenvalue weighted by Gasteiger charge is -2.41. The molecule has 5 heteroatoms. The third-order valence-electron chi connectivity index (χ3n) is 4.98. The van der Waals surface area contributed by atoms with Gasteiger partial charge in [0.2, 0.25) is 0 Å². The maximum Gasteiger partial charge on any atom is 0.142 e. The molecule has 0 saturated carbocycles. The van der Waals surface area contributed by atoms with Gasteiger partial charge in [0.1, 0.15) is 23.3 Å². The van der Waals surface area contributed by atoms with E-state index in [1.54, 1.807) is 6.07 Å². The molecule has 5 nitrogen and oxygen atoms in total. The maximum atomic E-state index is 9.94. The molecule has 0 spiro atoms. The highest BCUT2D eigenvalue weighted by Crippen LogP contribution is 2.36. The first kappa shape index (κ1) is 17.2. The van der Waals surface area contributed by atoms with Crippen molar-refractivity contribution in [2.45, 2.75) is 19.3 Å². The molecule has 1 aromatic heterocycles. The molecule has 1 aliphatic rings. The Bertz CT molecular complexity index is 719. The number of anilines is 1. The second-order valence-electron chi connectivity index (χ2n) is 6.55. The Labute approximate surface area is 148 Å². The van der Waals surface area contributed by atoms with Gasteiger partial charge in [0.15, 0.2) is 0 Å². The normalized spacial score (nSPS) is 16.2. The predicted molar refractivity (Wildman–Crippen MR) is 96.5 cm³/mol. The van der Waals surface area contributed by atoms with Gasteiger partial charge in [-0.3, -0.25) is 0 Å². The molecular formula is C20H23N3O2. The molecule has 0 aliphatic carbocycles. The minimum Gasteiger partial charge on any atom is -0.494 e. The van der Waals surface area contributed by atoms with Crippen molar-refractivity contribution < 1.29 is 9.84 Å². The summed E-state index contributed by atoms with van der Waals surface area (Å²) in [5, 5.41) is 18.9. The van der Waals surface area contributed by atoms with Crippen molar-refractivity contribution in [3.63, 3.8) is 0 Å². The highest BCUT2D eigenvalue weighted by atomic mass is 16.5. The van der Waals surface area contributed by atoms with Crippen molar-refractivity contribution in [2.24, 2.45) is 5.41 Å². The first-order chi connectivity index (χ1) is 12.2. The predicted octanol–water partition coefficient (Wildman–Crippen LogP) is 3.00. The Morgan fingerprint density at radius 3 is 2.56 bits per heavy atom. The Balaban J connectivity index is 1.55. The van der Waals surface area contributed by atoms with Crippen molar-refractivity contribution in [2.75, 3.05) is 31.2 Å². The van der Waals surface area contributed by atoms with E-state index in [2.05, 4.69) is 16.0 Å². The van der Waals surface area contributed by atoms with Crippen LogP contribution in [0, 0.1) is 16.7 Å². The lowest BCUT2D eigenvalue weighted by atomic mass is 9.76. The summed E-state index contributed by atoms with van der Waals surface area (Å²) in [4.78, 5) is 6.56. The van der Waals surface area contributed by atoms with Gasteiger partial charge in [-0.25, -0.2) is 4.98 Å². The SMILES string of the molecule is N#Cc1cccc(N2CCC(CO)(CCOc3ccccc3)CC2)n1. The summed E-state index contributed by atoms with van der Waals surface area (Å²) in [6.45, 7) is 2.43. The molecule has 2 heterocycles. The fourth-order valence-electron chi connectivity index (χ4n) is 3.26. The van der Waals surface area contributed by atoms with Crippen LogP contribution in [-0.2, 0) is 0 Å². The van der Waals surface area contributed by atoms with Crippen LogP contribution in [0.1, 0.15) is 25.0 Å². The quantitative estimate of drug-likeness (QED) is 0.877. The van der Waals surface area contributed by atoms with Gasteiger partial charge in [-0.05, 0) is 43.5 Å². The molecule has 1 fully saturated rings. The van der Waals surface area contributed by atoms with Crippen molar-refractivity contribution in [1.82, 2.24) is 4.98 Å². The number of nitrogens with zero attached hydrogens (tertiary/aromatic N) is 3. The number of ether oxygens (including phenoxy) is 1. The fraction of sp³-hybridized carbons (Fsp3) is 0.400. The number of piperidine rings is 1. The van der Waals surface area contributed by atoms with Gasteiger partial charge in [-0.15, -0.1) is 0 Å². The van der Waals surface area contributed by atoms with E-state index in [4.69, 9.17) is 10.00 Å². The number of benzene rings is 1. The Morgan fingerprint density at radius 1 is 1.12 bits per heavy atom. The van der Waals surface area contributed by atoms with E-state index in [0.717, 1.165) is 43.9 Å². The summed E-state index contributed by atoms with van der Waals surface area (Å²) in [5.74, 6) is 1.71. The van der Waals surface area contributed by atoms with Gasteiger partial charge in [0, 0.05) is 25.1 Å². The first-order valence-corrected chi connectivity index (χ1v) is 8.65. The molecule has 0 unspecified atom stereocenters. The average Bonchev–Trinajstić information content (AvgIpc) is 2.69. The van der Waals surface area contributed by atoms with Crippen LogP contribution in [-0.4, -0.2) is 36.4 Å². The Morgan fingerprint density at radius 2 is 1.88 bits per heavy atom. The van der Waals surface area contributed by atoms with Gasteiger partial charge in [-0.1, -0.05) is 24.3 Å². The summed E-state index contributed by atoms with van der Waals surface area (Å²) in [5.41, 5.74) is 0.339. The molecule has 2 aromatic rings. The fourth-order valence-corrected chi connectivity index (χ4v) is 3.26. The molecule has 0 radical (unpaired) electrons. The van der Waals surface area contributed by atoms with Gasteiger partial charge in [0.25, 0.3) is 0 Å². The molecule has 25 heavy (non-hydrogen) atoms. The summed E-state index contributed by atoms with van der Waals surface area (Å²) in [6, 6.07) is 17.4. The third-order valence-corrected chi connectivity index (χ3v) is 4.98. The summed E-state index contributed by atoms with van der Waals surface area (Å²) >= 11 is 0. The Kier molecular flexibility index (Phi) is 5.52. The van der Waals surface area contributed by atoms with Crippen LogP contribution >= 0.6 is 0 Å². The monoisotopic (exact) mass is 337 g/mol. The molecule has 0 amide bonds. The van der Waals surface area contributed by atoms with E-state index in [-0.39, 0.29) is 12.0 Å². The van der Waals surface area contributed by atoms with Crippen LogP contribution in [0.5, 0.6) is 5.75 Å². The number of aliphatic hydroxyl groups excluding tert-OH is 1. The summed E-state index contributed by atoms with van der Waals surface area (Å²) in [7, 11) is 0. The van der Waals surface area contributed by atoms with Crippen LogP contribution in [0.25, 0.3) is 0 Å². The van der Waals surface area contributed by atoms with Crippen molar-refractivity contribution in [3.8, 4) is 11.8 Å². The number of aromatic nitrogens is 1. The highest BCUT2D eigenvalue weighted by molar-refractivity contribution is 5.42. The van der Waals surface area contributed by atoms with Crippen molar-refractivity contribution in [3.05, 3.63) is 54.2 Å². The number of pyridine rings is 1. The van der Waals surface area contributed by atoms with Gasteiger partial charge in [0.05, 0.1) is 6.61 Å². The lowest BCUT2D eigenvalue weighted by Crippen LogP contribution is -2.43. The molecule has 0 atom stereocenters. The van der Waals surface area contributed by atoms with E-state index >= 15 is 0 Å². The Hall–Kier alpha value is -2.58. The molecule has 3 rings (SSSR count). The van der Waals surface area contributed by atoms with E-state index in [9.17, 15) is 5.11 Å². The minimum atomic E-state index is -0.0991. The number of hydrogen-bond donors (Lipinski definition) is 1. The van der Waals surface area contributed by atoms with Crippen LogP contribution in [0.2, 0.25) is 0 Å². The molecular weight excluding hydrogens is 314 g/mol. The van der Waals surface area contributed by atoms with E-state index < -0.39 is 0 Å². The molecule has 1 saturated heterocycles. The zero-order valence-electron chi connectivity index (χ0n) is 14.3. The van der Waals surface area contributed by atoms with Crippen molar-refractivity contribution in [1.29, 1.82) is 5.26 Å². The molecule has 1 N–H and O–H groups in total. The van der Waals surface area contributed by atoms with Crippen LogP contribution in [0.15, 0.2) is 48.5 Å². The second-order valence-corrected chi connectivity index (χ2v) is 6.55. The van der Waals surface area contributed by atoms with Gasteiger partial charge >= 0.3 is 0 Å². The maximum absolute atomic E-state index is 9.94. The largest absolute Gasteiger partial charge is 0.494 e. The van der Waals surface area contributed by atoms with Crippen molar-refractivity contribution >= 4 is 5.82 Å². The van der Waals surface area contributed by atoms with E-state index in [1.165, 1.54) is 0 Å². The number of hydrogen-bond acceptors (Lipinski definition) is 5. The first-order valence-electron chi connectivity index (χ1n) is 8.65. The molecule has 1 aromatic carbocycles. The molecule has 130 valence electrons. The third kappa shape index (κ3) is 4.28. The van der Waals surface area contributed by atoms with Gasteiger partial charge in [-0.2, -0.15) is 5.26 Å². The number of aliphatic hydroxyl groups is 1. The molecule has 0 bridgehead atoms. The van der Waals surface area contributed by atoms with E-state index in [0.29, 0.717) is 12.3 Å².